The maximum atomic E-state index is 11.7. The minimum atomic E-state index is -0.367. The lowest BCUT2D eigenvalue weighted by Gasteiger charge is -2.29. The number of benzene rings is 2. The molecular formula is C21H20N4O2. The van der Waals surface area contributed by atoms with Crippen LogP contribution in [0, 0.1) is 0 Å². The molecule has 0 amide bonds. The van der Waals surface area contributed by atoms with Crippen LogP contribution in [0.3, 0.4) is 0 Å². The van der Waals surface area contributed by atoms with Crippen LogP contribution in [0.15, 0.2) is 60.9 Å². The first-order valence-corrected chi connectivity index (χ1v) is 8.82. The number of ether oxygens (including phenoxy) is 1. The van der Waals surface area contributed by atoms with Crippen LogP contribution in [0.1, 0.15) is 21.5 Å². The van der Waals surface area contributed by atoms with Gasteiger partial charge >= 0.3 is 5.97 Å². The van der Waals surface area contributed by atoms with E-state index in [4.69, 9.17) is 4.74 Å². The van der Waals surface area contributed by atoms with E-state index < -0.39 is 0 Å². The summed E-state index contributed by atoms with van der Waals surface area (Å²) in [6.45, 7) is 1.76. The van der Waals surface area contributed by atoms with Crippen molar-refractivity contribution in [2.75, 3.05) is 23.9 Å². The maximum absolute atomic E-state index is 11.7. The lowest BCUT2D eigenvalue weighted by atomic mass is 10.00. The van der Waals surface area contributed by atoms with Gasteiger partial charge in [-0.15, -0.1) is 0 Å². The Hall–Kier alpha value is -3.41. The smallest absolute Gasteiger partial charge is 0.337 e. The van der Waals surface area contributed by atoms with Crippen LogP contribution < -0.4 is 10.2 Å². The van der Waals surface area contributed by atoms with Crippen molar-refractivity contribution in [3.05, 3.63) is 77.6 Å². The first-order valence-electron chi connectivity index (χ1n) is 8.82. The standard InChI is InChI=1S/C21H20N4O2/c1-27-21(26)16-7-4-8-18(11-16)24-19-12-20(23-14-22-19)25-10-9-15-5-2-3-6-17(15)13-25/h2-8,11-12,14H,9-10,13H2,1H3,(H,22,23,24). The number of nitrogens with one attached hydrogen (secondary N) is 1. The maximum Gasteiger partial charge on any atom is 0.337 e. The fourth-order valence-electron chi connectivity index (χ4n) is 3.27. The third-order valence-electron chi connectivity index (χ3n) is 4.66. The van der Waals surface area contributed by atoms with Gasteiger partial charge in [0.05, 0.1) is 12.7 Å². The molecule has 0 radical (unpaired) electrons. The Balaban J connectivity index is 1.53. The van der Waals surface area contributed by atoms with Gasteiger partial charge in [0.2, 0.25) is 0 Å². The average Bonchev–Trinajstić information content (AvgIpc) is 2.73. The monoisotopic (exact) mass is 360 g/mol. The van der Waals surface area contributed by atoms with Crippen molar-refractivity contribution in [1.29, 1.82) is 0 Å². The molecule has 1 aliphatic rings. The summed E-state index contributed by atoms with van der Waals surface area (Å²) in [6, 6.07) is 17.6. The highest BCUT2D eigenvalue weighted by Crippen LogP contribution is 2.25. The molecule has 0 bridgehead atoms. The zero-order valence-corrected chi connectivity index (χ0v) is 15.1. The minimum absolute atomic E-state index is 0.367. The molecule has 4 rings (SSSR count). The van der Waals surface area contributed by atoms with Crippen molar-refractivity contribution in [3.8, 4) is 0 Å². The summed E-state index contributed by atoms with van der Waals surface area (Å²) >= 11 is 0. The van der Waals surface area contributed by atoms with Crippen LogP contribution in [0.5, 0.6) is 0 Å². The number of aromatic nitrogens is 2. The molecule has 2 heterocycles. The predicted molar refractivity (Wildman–Crippen MR) is 104 cm³/mol. The molecular weight excluding hydrogens is 340 g/mol. The highest BCUT2D eigenvalue weighted by molar-refractivity contribution is 5.90. The number of nitrogens with zero attached hydrogens (tertiary/aromatic N) is 3. The van der Waals surface area contributed by atoms with Gasteiger partial charge in [0, 0.05) is 24.8 Å². The molecule has 6 nitrogen and oxygen atoms in total. The Morgan fingerprint density at radius 1 is 1.07 bits per heavy atom. The predicted octanol–water partition coefficient (Wildman–Crippen LogP) is 3.57. The second-order valence-corrected chi connectivity index (χ2v) is 6.40. The van der Waals surface area contributed by atoms with Gasteiger partial charge in [0.1, 0.15) is 18.0 Å². The number of esters is 1. The van der Waals surface area contributed by atoms with E-state index >= 15 is 0 Å². The van der Waals surface area contributed by atoms with Crippen LogP contribution in [0.2, 0.25) is 0 Å². The third-order valence-corrected chi connectivity index (χ3v) is 4.66. The fourth-order valence-corrected chi connectivity index (χ4v) is 3.27. The molecule has 0 spiro atoms. The van der Waals surface area contributed by atoms with Crippen molar-refractivity contribution >= 4 is 23.3 Å². The summed E-state index contributed by atoms with van der Waals surface area (Å²) in [4.78, 5) is 22.7. The number of fused-ring (bicyclic) bond motifs is 1. The first kappa shape index (κ1) is 17.0. The van der Waals surface area contributed by atoms with Gasteiger partial charge in [0.15, 0.2) is 0 Å². The van der Waals surface area contributed by atoms with Crippen LogP contribution >= 0.6 is 0 Å². The van der Waals surface area contributed by atoms with E-state index in [1.54, 1.807) is 24.5 Å². The highest BCUT2D eigenvalue weighted by Gasteiger charge is 2.17. The molecule has 136 valence electrons. The molecule has 27 heavy (non-hydrogen) atoms. The zero-order valence-electron chi connectivity index (χ0n) is 15.1. The van der Waals surface area contributed by atoms with Gasteiger partial charge in [-0.2, -0.15) is 0 Å². The Kier molecular flexibility index (Phi) is 4.70. The van der Waals surface area contributed by atoms with Gasteiger partial charge in [-0.3, -0.25) is 0 Å². The third kappa shape index (κ3) is 3.74. The quantitative estimate of drug-likeness (QED) is 0.718. The molecule has 0 saturated carbocycles. The van der Waals surface area contributed by atoms with E-state index in [1.807, 2.05) is 12.1 Å². The lowest BCUT2D eigenvalue weighted by Crippen LogP contribution is -2.31. The number of rotatable bonds is 4. The van der Waals surface area contributed by atoms with Gasteiger partial charge in [-0.25, -0.2) is 14.8 Å². The van der Waals surface area contributed by atoms with E-state index in [2.05, 4.69) is 44.5 Å². The summed E-state index contributed by atoms with van der Waals surface area (Å²) in [5, 5.41) is 3.24. The molecule has 1 N–H and O–H groups in total. The van der Waals surface area contributed by atoms with Crippen molar-refractivity contribution in [3.63, 3.8) is 0 Å². The number of carbonyl (C=O) groups is 1. The van der Waals surface area contributed by atoms with Crippen molar-refractivity contribution in [2.45, 2.75) is 13.0 Å². The van der Waals surface area contributed by atoms with E-state index in [0.717, 1.165) is 31.0 Å². The Bertz CT molecular complexity index is 974. The van der Waals surface area contributed by atoms with Crippen LogP contribution in [0.25, 0.3) is 0 Å². The zero-order chi connectivity index (χ0) is 18.6. The average molecular weight is 360 g/mol. The summed E-state index contributed by atoms with van der Waals surface area (Å²) in [6.07, 6.45) is 2.56. The second-order valence-electron chi connectivity index (χ2n) is 6.40. The van der Waals surface area contributed by atoms with E-state index in [1.165, 1.54) is 18.2 Å². The van der Waals surface area contributed by atoms with E-state index in [0.29, 0.717) is 11.4 Å². The van der Waals surface area contributed by atoms with Crippen LogP contribution in [0.4, 0.5) is 17.3 Å². The highest BCUT2D eigenvalue weighted by atomic mass is 16.5. The second kappa shape index (κ2) is 7.45. The molecule has 0 saturated heterocycles. The number of hydrogen-bond donors (Lipinski definition) is 1. The van der Waals surface area contributed by atoms with Gasteiger partial charge < -0.3 is 15.0 Å². The molecule has 0 atom stereocenters. The van der Waals surface area contributed by atoms with Crippen LogP contribution in [-0.2, 0) is 17.7 Å². The summed E-state index contributed by atoms with van der Waals surface area (Å²) < 4.78 is 4.77. The Labute approximate surface area is 157 Å². The Morgan fingerprint density at radius 3 is 2.78 bits per heavy atom. The van der Waals surface area contributed by atoms with Gasteiger partial charge in [-0.1, -0.05) is 30.3 Å². The first-order chi connectivity index (χ1) is 13.2. The van der Waals surface area contributed by atoms with Crippen molar-refractivity contribution in [1.82, 2.24) is 9.97 Å². The summed E-state index contributed by atoms with van der Waals surface area (Å²) in [5.41, 5.74) is 4.00. The summed E-state index contributed by atoms with van der Waals surface area (Å²) in [5.74, 6) is 1.20. The van der Waals surface area contributed by atoms with E-state index in [-0.39, 0.29) is 5.97 Å². The van der Waals surface area contributed by atoms with Crippen molar-refractivity contribution in [2.24, 2.45) is 0 Å². The van der Waals surface area contributed by atoms with Crippen molar-refractivity contribution < 1.29 is 9.53 Å². The molecule has 1 aromatic heterocycles. The number of hydrogen-bond acceptors (Lipinski definition) is 6. The SMILES string of the molecule is COC(=O)c1cccc(Nc2cc(N3CCc4ccccc4C3)ncn2)c1. The van der Waals surface area contributed by atoms with Gasteiger partial charge in [0.25, 0.3) is 0 Å². The molecule has 0 fully saturated rings. The Morgan fingerprint density at radius 2 is 1.93 bits per heavy atom. The molecule has 0 aliphatic carbocycles. The number of anilines is 3. The molecule has 1 aliphatic heterocycles. The minimum Gasteiger partial charge on any atom is -0.465 e. The number of carbonyl (C=O) groups excluding carboxylic acids is 1. The largest absolute Gasteiger partial charge is 0.465 e. The lowest BCUT2D eigenvalue weighted by molar-refractivity contribution is 0.0601. The topological polar surface area (TPSA) is 67.3 Å². The molecule has 0 unspecified atom stereocenters. The summed E-state index contributed by atoms with van der Waals surface area (Å²) in [7, 11) is 1.37. The molecule has 3 aromatic rings. The van der Waals surface area contributed by atoms with Gasteiger partial charge in [-0.05, 0) is 35.7 Å². The normalized spacial score (nSPS) is 13.0. The molecule has 6 heteroatoms. The molecule has 2 aromatic carbocycles. The van der Waals surface area contributed by atoms with Crippen LogP contribution in [-0.4, -0.2) is 29.6 Å². The van der Waals surface area contributed by atoms with E-state index in [9.17, 15) is 4.79 Å². The fraction of sp³-hybridized carbons (Fsp3) is 0.190. The number of methoxy groups -OCH3 is 1.